The van der Waals surface area contributed by atoms with Gasteiger partial charge in [-0.15, -0.1) is 0 Å². The van der Waals surface area contributed by atoms with Crippen LogP contribution in [0.4, 0.5) is 13.2 Å². The van der Waals surface area contributed by atoms with Crippen LogP contribution in [-0.4, -0.2) is 10.2 Å². The van der Waals surface area contributed by atoms with E-state index in [9.17, 15) is 23.4 Å². The zero-order valence-electron chi connectivity index (χ0n) is 13.6. The van der Waals surface area contributed by atoms with Gasteiger partial charge in [-0.2, -0.15) is 0 Å². The Kier molecular flexibility index (Phi) is 5.02. The van der Waals surface area contributed by atoms with Crippen molar-refractivity contribution in [3.05, 3.63) is 58.4 Å². The highest BCUT2D eigenvalue weighted by atomic mass is 19.2. The Morgan fingerprint density at radius 1 is 0.760 bits per heavy atom. The molecule has 2 aromatic rings. The SMILES string of the molecule is Oc1cc(/C=C/c2cc(F)c(F)c(F)c2)cc(O)c1C1CCCCC1. The second kappa shape index (κ2) is 7.21. The molecule has 2 aromatic carbocycles. The molecule has 3 rings (SSSR count). The lowest BCUT2D eigenvalue weighted by Gasteiger charge is -2.23. The second-order valence-corrected chi connectivity index (χ2v) is 6.44. The molecule has 132 valence electrons. The van der Waals surface area contributed by atoms with Crippen molar-refractivity contribution in [3.63, 3.8) is 0 Å². The lowest BCUT2D eigenvalue weighted by atomic mass is 9.83. The van der Waals surface area contributed by atoms with Gasteiger partial charge in [0, 0.05) is 5.56 Å². The van der Waals surface area contributed by atoms with Crippen LogP contribution in [0, 0.1) is 17.5 Å². The molecular formula is C20H19F3O2. The second-order valence-electron chi connectivity index (χ2n) is 6.44. The van der Waals surface area contributed by atoms with Crippen LogP contribution >= 0.6 is 0 Å². The summed E-state index contributed by atoms with van der Waals surface area (Å²) >= 11 is 0. The minimum atomic E-state index is -1.51. The molecule has 0 atom stereocenters. The lowest BCUT2D eigenvalue weighted by molar-refractivity contribution is 0.389. The lowest BCUT2D eigenvalue weighted by Crippen LogP contribution is -2.05. The van der Waals surface area contributed by atoms with Gasteiger partial charge in [0.2, 0.25) is 0 Å². The van der Waals surface area contributed by atoms with E-state index in [2.05, 4.69) is 0 Å². The van der Waals surface area contributed by atoms with Gasteiger partial charge in [0.25, 0.3) is 0 Å². The summed E-state index contributed by atoms with van der Waals surface area (Å²) in [7, 11) is 0. The Bertz CT molecular complexity index is 763. The van der Waals surface area contributed by atoms with Crippen LogP contribution < -0.4 is 0 Å². The maximum Gasteiger partial charge on any atom is 0.194 e. The molecular weight excluding hydrogens is 329 g/mol. The quantitative estimate of drug-likeness (QED) is 0.549. The number of rotatable bonds is 3. The van der Waals surface area contributed by atoms with Crippen molar-refractivity contribution in [2.24, 2.45) is 0 Å². The summed E-state index contributed by atoms with van der Waals surface area (Å²) in [6.45, 7) is 0. The minimum Gasteiger partial charge on any atom is -0.507 e. The van der Waals surface area contributed by atoms with Crippen molar-refractivity contribution in [1.82, 2.24) is 0 Å². The number of hydrogen-bond acceptors (Lipinski definition) is 2. The molecule has 0 bridgehead atoms. The van der Waals surface area contributed by atoms with Crippen LogP contribution in [0.25, 0.3) is 12.2 Å². The summed E-state index contributed by atoms with van der Waals surface area (Å²) in [5.74, 6) is -3.86. The van der Waals surface area contributed by atoms with Crippen molar-refractivity contribution >= 4 is 12.2 Å². The average Bonchev–Trinajstić information content (AvgIpc) is 2.58. The fourth-order valence-corrected chi connectivity index (χ4v) is 3.41. The van der Waals surface area contributed by atoms with Gasteiger partial charge in [-0.25, -0.2) is 13.2 Å². The van der Waals surface area contributed by atoms with E-state index in [-0.39, 0.29) is 23.0 Å². The molecule has 25 heavy (non-hydrogen) atoms. The van der Waals surface area contributed by atoms with Crippen molar-refractivity contribution in [3.8, 4) is 11.5 Å². The Hall–Kier alpha value is -2.43. The van der Waals surface area contributed by atoms with Crippen molar-refractivity contribution < 1.29 is 23.4 Å². The molecule has 0 spiro atoms. The van der Waals surface area contributed by atoms with Crippen LogP contribution in [0.2, 0.25) is 0 Å². The molecule has 2 nitrogen and oxygen atoms in total. The van der Waals surface area contributed by atoms with Crippen molar-refractivity contribution in [1.29, 1.82) is 0 Å². The van der Waals surface area contributed by atoms with E-state index >= 15 is 0 Å². The number of benzene rings is 2. The molecule has 1 fully saturated rings. The van der Waals surface area contributed by atoms with E-state index in [1.165, 1.54) is 30.7 Å². The van der Waals surface area contributed by atoms with E-state index in [1.807, 2.05) is 0 Å². The Morgan fingerprint density at radius 3 is 1.76 bits per heavy atom. The van der Waals surface area contributed by atoms with Gasteiger partial charge < -0.3 is 10.2 Å². The molecule has 0 saturated heterocycles. The van der Waals surface area contributed by atoms with E-state index in [4.69, 9.17) is 0 Å². The molecule has 1 aliphatic carbocycles. The highest BCUT2D eigenvalue weighted by Gasteiger charge is 2.22. The van der Waals surface area contributed by atoms with Gasteiger partial charge in [0.1, 0.15) is 11.5 Å². The molecule has 1 saturated carbocycles. The fraction of sp³-hybridized carbons (Fsp3) is 0.300. The zero-order chi connectivity index (χ0) is 18.0. The monoisotopic (exact) mass is 348 g/mol. The van der Waals surface area contributed by atoms with Gasteiger partial charge in [-0.1, -0.05) is 31.4 Å². The van der Waals surface area contributed by atoms with Crippen LogP contribution in [0.1, 0.15) is 54.7 Å². The van der Waals surface area contributed by atoms with Crippen LogP contribution in [0.5, 0.6) is 11.5 Å². The normalized spacial score (nSPS) is 15.8. The molecule has 0 aliphatic heterocycles. The molecule has 0 radical (unpaired) electrons. The summed E-state index contributed by atoms with van der Waals surface area (Å²) in [4.78, 5) is 0. The Morgan fingerprint density at radius 2 is 1.24 bits per heavy atom. The number of phenolic OH excluding ortho intramolecular Hbond substituents is 2. The largest absolute Gasteiger partial charge is 0.507 e. The van der Waals surface area contributed by atoms with Crippen molar-refractivity contribution in [2.45, 2.75) is 38.0 Å². The molecule has 1 aliphatic rings. The third-order valence-corrected chi connectivity index (χ3v) is 4.65. The van der Waals surface area contributed by atoms with Crippen molar-refractivity contribution in [2.75, 3.05) is 0 Å². The number of halogens is 3. The first-order chi connectivity index (χ1) is 12.0. The summed E-state index contributed by atoms with van der Waals surface area (Å²) in [5, 5.41) is 20.6. The minimum absolute atomic E-state index is 0.0167. The first-order valence-corrected chi connectivity index (χ1v) is 8.34. The molecule has 5 heteroatoms. The third-order valence-electron chi connectivity index (χ3n) is 4.65. The van der Waals surface area contributed by atoms with Gasteiger partial charge in [-0.3, -0.25) is 0 Å². The van der Waals surface area contributed by atoms with Crippen LogP contribution in [0.3, 0.4) is 0 Å². The third kappa shape index (κ3) is 3.81. The Balaban J connectivity index is 1.86. The molecule has 0 aromatic heterocycles. The summed E-state index contributed by atoms with van der Waals surface area (Å²) < 4.78 is 39.4. The van der Waals surface area contributed by atoms with Gasteiger partial charge in [0.15, 0.2) is 17.5 Å². The number of phenols is 2. The average molecular weight is 348 g/mol. The summed E-state index contributed by atoms with van der Waals surface area (Å²) in [5.41, 5.74) is 1.20. The number of aromatic hydroxyl groups is 2. The van der Waals surface area contributed by atoms with E-state index in [0.717, 1.165) is 37.8 Å². The van der Waals surface area contributed by atoms with Crippen LogP contribution in [-0.2, 0) is 0 Å². The molecule has 0 unspecified atom stereocenters. The van der Waals surface area contributed by atoms with E-state index < -0.39 is 17.5 Å². The molecule has 0 amide bonds. The van der Waals surface area contributed by atoms with Gasteiger partial charge in [0.05, 0.1) is 0 Å². The summed E-state index contributed by atoms with van der Waals surface area (Å²) in [6, 6.07) is 4.78. The van der Waals surface area contributed by atoms with Gasteiger partial charge >= 0.3 is 0 Å². The molecule has 0 heterocycles. The highest BCUT2D eigenvalue weighted by molar-refractivity contribution is 5.72. The Labute approximate surface area is 144 Å². The maximum absolute atomic E-state index is 13.2. The zero-order valence-corrected chi connectivity index (χ0v) is 13.6. The summed E-state index contributed by atoms with van der Waals surface area (Å²) in [6.07, 6.45) is 8.08. The predicted octanol–water partition coefficient (Wildman–Crippen LogP) is 5.73. The standard InChI is InChI=1S/C20H19F3O2/c21-15-8-12(9-16(22)20(15)23)6-7-13-10-17(24)19(18(25)11-13)14-4-2-1-3-5-14/h6-11,14,24-25H,1-5H2/b7-6+. The van der Waals surface area contributed by atoms with E-state index in [1.54, 1.807) is 0 Å². The van der Waals surface area contributed by atoms with E-state index in [0.29, 0.717) is 11.1 Å². The first kappa shape index (κ1) is 17.4. The highest BCUT2D eigenvalue weighted by Crippen LogP contribution is 2.42. The topological polar surface area (TPSA) is 40.5 Å². The van der Waals surface area contributed by atoms with Crippen LogP contribution in [0.15, 0.2) is 24.3 Å². The number of hydrogen-bond donors (Lipinski definition) is 2. The smallest absolute Gasteiger partial charge is 0.194 e. The fourth-order valence-electron chi connectivity index (χ4n) is 3.41. The maximum atomic E-state index is 13.2. The first-order valence-electron chi connectivity index (χ1n) is 8.34. The molecule has 2 N–H and O–H groups in total. The van der Waals surface area contributed by atoms with Gasteiger partial charge in [-0.05, 0) is 54.2 Å². The predicted molar refractivity (Wildman–Crippen MR) is 90.8 cm³/mol.